The van der Waals surface area contributed by atoms with Crippen LogP contribution in [-0.2, 0) is 16.9 Å². The van der Waals surface area contributed by atoms with E-state index in [1.165, 1.54) is 12.6 Å². The number of sulfone groups is 1. The van der Waals surface area contributed by atoms with E-state index < -0.39 is 9.84 Å². The van der Waals surface area contributed by atoms with E-state index in [4.69, 9.17) is 4.74 Å². The fourth-order valence-corrected chi connectivity index (χ4v) is 4.75. The summed E-state index contributed by atoms with van der Waals surface area (Å²) in [7, 11) is -1.41. The third kappa shape index (κ3) is 4.14. The highest BCUT2D eigenvalue weighted by molar-refractivity contribution is 7.90. The van der Waals surface area contributed by atoms with Gasteiger partial charge in [-0.25, -0.2) is 23.1 Å². The van der Waals surface area contributed by atoms with Crippen molar-refractivity contribution in [1.82, 2.24) is 29.2 Å². The van der Waals surface area contributed by atoms with E-state index in [0.29, 0.717) is 54.2 Å². The van der Waals surface area contributed by atoms with Gasteiger partial charge in [-0.1, -0.05) is 0 Å². The summed E-state index contributed by atoms with van der Waals surface area (Å²) < 4.78 is 33.1. The van der Waals surface area contributed by atoms with Crippen LogP contribution < -0.4 is 4.74 Å². The van der Waals surface area contributed by atoms with Crippen LogP contribution in [0.1, 0.15) is 23.3 Å². The summed E-state index contributed by atoms with van der Waals surface area (Å²) in [6.07, 6.45) is 7.42. The summed E-state index contributed by atoms with van der Waals surface area (Å²) in [5, 5.41) is 5.08. The number of nitrogens with zero attached hydrogens (tertiary/aromatic N) is 6. The van der Waals surface area contributed by atoms with Crippen LogP contribution in [0, 0.1) is 0 Å². The molecule has 1 amide bonds. The number of fused-ring (bicyclic) bond motifs is 1. The summed E-state index contributed by atoms with van der Waals surface area (Å²) >= 11 is 0. The first-order chi connectivity index (χ1) is 16.3. The minimum Gasteiger partial charge on any atom is -0.474 e. The molecule has 4 heterocycles. The number of aromatic nitrogens is 5. The third-order valence-electron chi connectivity index (χ3n) is 6.01. The Hall–Kier alpha value is -3.73. The predicted molar refractivity (Wildman–Crippen MR) is 125 cm³/mol. The van der Waals surface area contributed by atoms with Crippen LogP contribution in [0.15, 0.2) is 60.0 Å². The fourth-order valence-electron chi connectivity index (χ4n) is 4.12. The highest BCUT2D eigenvalue weighted by Crippen LogP contribution is 2.27. The molecule has 4 aromatic rings. The number of benzene rings is 1. The van der Waals surface area contributed by atoms with E-state index in [2.05, 4.69) is 15.1 Å². The highest BCUT2D eigenvalue weighted by atomic mass is 32.2. The van der Waals surface area contributed by atoms with Crippen LogP contribution in [0.4, 0.5) is 0 Å². The molecule has 1 saturated heterocycles. The summed E-state index contributed by atoms with van der Waals surface area (Å²) in [5.41, 5.74) is 1.92. The summed E-state index contributed by atoms with van der Waals surface area (Å²) in [6, 6.07) is 10.1. The quantitative estimate of drug-likeness (QED) is 0.431. The molecular weight excluding hydrogens is 456 g/mol. The van der Waals surface area contributed by atoms with Gasteiger partial charge in [-0.2, -0.15) is 5.10 Å². The maximum Gasteiger partial charge on any atom is 0.270 e. The number of carbonyl (C=O) groups excluding carboxylic acids is 1. The highest BCUT2D eigenvalue weighted by Gasteiger charge is 2.27. The lowest BCUT2D eigenvalue weighted by atomic mass is 10.1. The van der Waals surface area contributed by atoms with E-state index in [-0.39, 0.29) is 16.9 Å². The number of carbonyl (C=O) groups is 1. The molecule has 3 aromatic heterocycles. The maximum atomic E-state index is 12.7. The van der Waals surface area contributed by atoms with Gasteiger partial charge in [0.1, 0.15) is 23.5 Å². The average Bonchev–Trinajstić information content (AvgIpc) is 3.45. The molecule has 0 spiro atoms. The molecule has 1 aliphatic rings. The fraction of sp³-hybridized carbons (Fsp3) is 0.304. The maximum absolute atomic E-state index is 12.7. The number of amides is 1. The largest absolute Gasteiger partial charge is 0.474 e. The standard InChI is InChI=1S/C23H24N6O4S/c1-27-11-3-4-20(27)23(30)28-12-9-17(10-13-28)33-22-19-14-26-29(21(19)24-15-25-22)16-5-7-18(8-6-16)34(2,31)32/h3-8,11,14-15,17H,9-10,12-13H2,1-2H3. The number of likely N-dealkylation sites (tertiary alicyclic amines) is 1. The zero-order chi connectivity index (χ0) is 23.9. The third-order valence-corrected chi connectivity index (χ3v) is 7.14. The molecule has 1 fully saturated rings. The average molecular weight is 481 g/mol. The zero-order valence-electron chi connectivity index (χ0n) is 18.8. The lowest BCUT2D eigenvalue weighted by molar-refractivity contribution is 0.0582. The number of hydrogen-bond donors (Lipinski definition) is 0. The lowest BCUT2D eigenvalue weighted by Crippen LogP contribution is -2.42. The molecule has 34 heavy (non-hydrogen) atoms. The first-order valence-corrected chi connectivity index (χ1v) is 12.8. The van der Waals surface area contributed by atoms with Crippen molar-refractivity contribution in [3.05, 3.63) is 60.8 Å². The monoisotopic (exact) mass is 480 g/mol. The van der Waals surface area contributed by atoms with Gasteiger partial charge in [0, 0.05) is 45.4 Å². The minimum atomic E-state index is -3.28. The molecule has 0 radical (unpaired) electrons. The smallest absolute Gasteiger partial charge is 0.270 e. The van der Waals surface area contributed by atoms with E-state index in [1.807, 2.05) is 34.8 Å². The summed E-state index contributed by atoms with van der Waals surface area (Å²) in [6.45, 7) is 1.21. The molecule has 5 rings (SSSR count). The second kappa shape index (κ2) is 8.56. The van der Waals surface area contributed by atoms with Crippen LogP contribution >= 0.6 is 0 Å². The van der Waals surface area contributed by atoms with Crippen LogP contribution in [0.5, 0.6) is 5.88 Å². The van der Waals surface area contributed by atoms with E-state index in [9.17, 15) is 13.2 Å². The van der Waals surface area contributed by atoms with E-state index in [1.54, 1.807) is 35.1 Å². The van der Waals surface area contributed by atoms with Crippen LogP contribution in [0.2, 0.25) is 0 Å². The number of rotatable bonds is 5. The number of hydrogen-bond acceptors (Lipinski definition) is 7. The lowest BCUT2D eigenvalue weighted by Gasteiger charge is -2.32. The van der Waals surface area contributed by atoms with Crippen molar-refractivity contribution in [2.45, 2.75) is 23.8 Å². The van der Waals surface area contributed by atoms with Crippen molar-refractivity contribution in [2.75, 3.05) is 19.3 Å². The second-order valence-corrected chi connectivity index (χ2v) is 10.4. The van der Waals surface area contributed by atoms with Gasteiger partial charge >= 0.3 is 0 Å². The molecule has 0 saturated carbocycles. The van der Waals surface area contributed by atoms with Crippen molar-refractivity contribution in [2.24, 2.45) is 7.05 Å². The zero-order valence-corrected chi connectivity index (χ0v) is 19.6. The van der Waals surface area contributed by atoms with Crippen molar-refractivity contribution in [1.29, 1.82) is 0 Å². The van der Waals surface area contributed by atoms with Gasteiger partial charge in [-0.05, 0) is 36.4 Å². The molecule has 10 nitrogen and oxygen atoms in total. The number of piperidine rings is 1. The molecule has 0 N–H and O–H groups in total. The molecule has 1 aliphatic heterocycles. The first-order valence-electron chi connectivity index (χ1n) is 10.9. The van der Waals surface area contributed by atoms with Crippen molar-refractivity contribution < 1.29 is 17.9 Å². The Bertz CT molecular complexity index is 1450. The molecule has 0 bridgehead atoms. The van der Waals surface area contributed by atoms with E-state index >= 15 is 0 Å². The van der Waals surface area contributed by atoms with Crippen LogP contribution in [-0.4, -0.2) is 69.0 Å². The second-order valence-electron chi connectivity index (χ2n) is 8.35. The molecule has 0 aliphatic carbocycles. The van der Waals surface area contributed by atoms with Gasteiger partial charge in [0.2, 0.25) is 5.88 Å². The Kier molecular flexibility index (Phi) is 5.56. The predicted octanol–water partition coefficient (Wildman–Crippen LogP) is 2.24. The molecular formula is C23H24N6O4S. The molecule has 11 heteroatoms. The van der Waals surface area contributed by atoms with Gasteiger partial charge in [0.25, 0.3) is 5.91 Å². The molecule has 176 valence electrons. The van der Waals surface area contributed by atoms with Crippen molar-refractivity contribution >= 4 is 26.8 Å². The summed E-state index contributed by atoms with van der Waals surface area (Å²) in [4.78, 5) is 23.5. The summed E-state index contributed by atoms with van der Waals surface area (Å²) in [5.74, 6) is 0.467. The van der Waals surface area contributed by atoms with Gasteiger partial charge in [0.05, 0.1) is 16.8 Å². The van der Waals surface area contributed by atoms with Crippen molar-refractivity contribution in [3.63, 3.8) is 0 Å². The first kappa shape index (κ1) is 22.1. The van der Waals surface area contributed by atoms with Gasteiger partial charge in [-0.15, -0.1) is 0 Å². The SMILES string of the molecule is Cn1cccc1C(=O)N1CCC(Oc2ncnc3c2cnn3-c2ccc(S(C)(=O)=O)cc2)CC1. The van der Waals surface area contributed by atoms with Gasteiger partial charge < -0.3 is 14.2 Å². The Balaban J connectivity index is 1.31. The molecule has 1 aromatic carbocycles. The van der Waals surface area contributed by atoms with Crippen LogP contribution in [0.25, 0.3) is 16.7 Å². The topological polar surface area (TPSA) is 112 Å². The number of aryl methyl sites for hydroxylation is 1. The molecule has 0 unspecified atom stereocenters. The Labute approximate surface area is 196 Å². The Morgan fingerprint density at radius 3 is 2.47 bits per heavy atom. The van der Waals surface area contributed by atoms with Crippen LogP contribution in [0.3, 0.4) is 0 Å². The van der Waals surface area contributed by atoms with Gasteiger partial charge in [-0.3, -0.25) is 4.79 Å². The van der Waals surface area contributed by atoms with Gasteiger partial charge in [0.15, 0.2) is 15.5 Å². The van der Waals surface area contributed by atoms with Crippen molar-refractivity contribution in [3.8, 4) is 11.6 Å². The Morgan fingerprint density at radius 2 is 1.82 bits per heavy atom. The Morgan fingerprint density at radius 1 is 1.09 bits per heavy atom. The number of ether oxygens (including phenoxy) is 1. The van der Waals surface area contributed by atoms with E-state index in [0.717, 1.165) is 0 Å². The normalized spacial score (nSPS) is 15.1. The molecule has 0 atom stereocenters. The minimum absolute atomic E-state index is 0.0264.